The number of hydrogen-bond acceptors (Lipinski definition) is 2. The van der Waals surface area contributed by atoms with Gasteiger partial charge in [0.2, 0.25) is 0 Å². The smallest absolute Gasteiger partial charge is 0.146 e. The van der Waals surface area contributed by atoms with E-state index < -0.39 is 0 Å². The average Bonchev–Trinajstić information content (AvgIpc) is 2.38. The summed E-state index contributed by atoms with van der Waals surface area (Å²) >= 11 is 3.51. The zero-order valence-corrected chi connectivity index (χ0v) is 12.6. The molecule has 1 N–H and O–H groups in total. The predicted molar refractivity (Wildman–Crippen MR) is 81.9 cm³/mol. The van der Waals surface area contributed by atoms with Crippen molar-refractivity contribution in [2.24, 2.45) is 0 Å². The molecule has 0 bridgehead atoms. The van der Waals surface area contributed by atoms with Crippen molar-refractivity contribution in [3.8, 4) is 5.75 Å². The molecular weight excluding hydrogens is 302 g/mol. The van der Waals surface area contributed by atoms with Crippen LogP contribution in [0.15, 0.2) is 40.9 Å². The molecule has 2 aromatic rings. The van der Waals surface area contributed by atoms with Gasteiger partial charge in [0.05, 0.1) is 12.2 Å². The molecule has 1 heterocycles. The molecule has 0 spiro atoms. The van der Waals surface area contributed by atoms with Crippen molar-refractivity contribution in [1.82, 2.24) is 0 Å². The van der Waals surface area contributed by atoms with Crippen LogP contribution in [0, 0.1) is 13.8 Å². The molecule has 3 heteroatoms. The quantitative estimate of drug-likeness (QED) is 0.829. The Hall–Kier alpha value is -1.48. The molecule has 0 aliphatic carbocycles. The number of aryl methyl sites for hydroxylation is 2. The van der Waals surface area contributed by atoms with Crippen LogP contribution in [0.4, 0.5) is 5.69 Å². The second-order valence-corrected chi connectivity index (χ2v) is 5.92. The fourth-order valence-electron chi connectivity index (χ4n) is 2.52. The minimum atomic E-state index is 0.0615. The second kappa shape index (κ2) is 4.89. The lowest BCUT2D eigenvalue weighted by atomic mass is 10.0. The molecule has 98 valence electrons. The molecule has 2 nitrogen and oxygen atoms in total. The number of nitrogens with one attached hydrogen (secondary N) is 1. The van der Waals surface area contributed by atoms with E-state index in [1.54, 1.807) is 0 Å². The van der Waals surface area contributed by atoms with Crippen LogP contribution in [0.1, 0.15) is 22.8 Å². The Bertz CT molecular complexity index is 624. The molecule has 1 atom stereocenters. The van der Waals surface area contributed by atoms with Crippen molar-refractivity contribution in [2.75, 3.05) is 11.9 Å². The molecular formula is C16H16BrNO. The lowest BCUT2D eigenvalue weighted by Crippen LogP contribution is -2.24. The number of anilines is 1. The second-order valence-electron chi connectivity index (χ2n) is 5.00. The summed E-state index contributed by atoms with van der Waals surface area (Å²) in [7, 11) is 0. The highest BCUT2D eigenvalue weighted by Crippen LogP contribution is 2.38. The molecule has 1 aliphatic rings. The van der Waals surface area contributed by atoms with Gasteiger partial charge >= 0.3 is 0 Å². The zero-order chi connectivity index (χ0) is 13.4. The first kappa shape index (κ1) is 12.5. The van der Waals surface area contributed by atoms with Crippen LogP contribution in [0.3, 0.4) is 0 Å². The summed E-state index contributed by atoms with van der Waals surface area (Å²) in [5.74, 6) is 0.974. The van der Waals surface area contributed by atoms with E-state index in [9.17, 15) is 0 Å². The van der Waals surface area contributed by atoms with Gasteiger partial charge in [-0.2, -0.15) is 0 Å². The van der Waals surface area contributed by atoms with Crippen molar-refractivity contribution in [3.63, 3.8) is 0 Å². The minimum absolute atomic E-state index is 0.0615. The first-order valence-electron chi connectivity index (χ1n) is 6.41. The van der Waals surface area contributed by atoms with E-state index >= 15 is 0 Å². The van der Waals surface area contributed by atoms with Crippen LogP contribution in [0.25, 0.3) is 0 Å². The van der Waals surface area contributed by atoms with Gasteiger partial charge in [-0.1, -0.05) is 34.1 Å². The van der Waals surface area contributed by atoms with Gasteiger partial charge in [0.1, 0.15) is 11.9 Å². The molecule has 19 heavy (non-hydrogen) atoms. The lowest BCUT2D eigenvalue weighted by molar-refractivity contribution is 0.209. The van der Waals surface area contributed by atoms with Gasteiger partial charge in [0.25, 0.3) is 0 Å². The molecule has 0 fully saturated rings. The normalized spacial score (nSPS) is 17.3. The summed E-state index contributed by atoms with van der Waals surface area (Å²) in [4.78, 5) is 0. The van der Waals surface area contributed by atoms with E-state index in [0.29, 0.717) is 0 Å². The lowest BCUT2D eigenvalue weighted by Gasteiger charge is -2.29. The van der Waals surface area contributed by atoms with Crippen LogP contribution in [0.5, 0.6) is 5.75 Å². The average molecular weight is 318 g/mol. The molecule has 3 rings (SSSR count). The Morgan fingerprint density at radius 2 is 2.05 bits per heavy atom. The highest BCUT2D eigenvalue weighted by Gasteiger charge is 2.22. The Morgan fingerprint density at radius 1 is 1.21 bits per heavy atom. The number of rotatable bonds is 1. The summed E-state index contributed by atoms with van der Waals surface area (Å²) in [6.45, 7) is 5.00. The van der Waals surface area contributed by atoms with Gasteiger partial charge in [0, 0.05) is 4.47 Å². The number of halogens is 1. The summed E-state index contributed by atoms with van der Waals surface area (Å²) in [5.41, 5.74) is 4.73. The Labute approximate surface area is 121 Å². The number of hydrogen-bond donors (Lipinski definition) is 1. The van der Waals surface area contributed by atoms with E-state index in [1.165, 1.54) is 16.7 Å². The largest absolute Gasteiger partial charge is 0.481 e. The fraction of sp³-hybridized carbons (Fsp3) is 0.250. The Balaban J connectivity index is 1.94. The molecule has 0 amide bonds. The number of benzene rings is 2. The highest BCUT2D eigenvalue weighted by molar-refractivity contribution is 9.10. The van der Waals surface area contributed by atoms with Crippen LogP contribution < -0.4 is 10.1 Å². The van der Waals surface area contributed by atoms with E-state index in [-0.39, 0.29) is 6.10 Å². The van der Waals surface area contributed by atoms with E-state index in [1.807, 2.05) is 12.1 Å². The van der Waals surface area contributed by atoms with Gasteiger partial charge in [-0.15, -0.1) is 0 Å². The third-order valence-corrected chi connectivity index (χ3v) is 3.87. The first-order valence-corrected chi connectivity index (χ1v) is 7.20. The van der Waals surface area contributed by atoms with Gasteiger partial charge < -0.3 is 10.1 Å². The topological polar surface area (TPSA) is 21.3 Å². The number of ether oxygens (including phenoxy) is 1. The summed E-state index contributed by atoms with van der Waals surface area (Å²) in [5, 5.41) is 3.47. The van der Waals surface area contributed by atoms with Crippen LogP contribution in [-0.4, -0.2) is 6.54 Å². The predicted octanol–water partition coefficient (Wildman–Crippen LogP) is 4.61. The molecule has 2 aromatic carbocycles. The third kappa shape index (κ3) is 2.47. The van der Waals surface area contributed by atoms with Gasteiger partial charge in [0.15, 0.2) is 0 Å². The Kier molecular flexibility index (Phi) is 3.23. The van der Waals surface area contributed by atoms with Crippen molar-refractivity contribution >= 4 is 21.6 Å². The number of fused-ring (bicyclic) bond motifs is 1. The Morgan fingerprint density at radius 3 is 2.84 bits per heavy atom. The maximum atomic E-state index is 6.18. The van der Waals surface area contributed by atoms with Crippen LogP contribution >= 0.6 is 15.9 Å². The molecule has 0 saturated heterocycles. The standard InChI is InChI=1S/C16H16BrNO/c1-10-6-11(2)16-14(7-10)18-9-15(19-16)12-4-3-5-13(17)8-12/h3-8,15,18H,9H2,1-2H3. The maximum Gasteiger partial charge on any atom is 0.146 e. The molecule has 0 saturated carbocycles. The SMILES string of the molecule is Cc1cc(C)c2c(c1)NCC(c1cccc(Br)c1)O2. The summed E-state index contributed by atoms with van der Waals surface area (Å²) < 4.78 is 7.26. The monoisotopic (exact) mass is 317 g/mol. The van der Waals surface area contributed by atoms with Crippen molar-refractivity contribution in [3.05, 3.63) is 57.6 Å². The fourth-order valence-corrected chi connectivity index (χ4v) is 2.94. The third-order valence-electron chi connectivity index (χ3n) is 3.38. The highest BCUT2D eigenvalue weighted by atomic mass is 79.9. The van der Waals surface area contributed by atoms with Crippen molar-refractivity contribution in [2.45, 2.75) is 20.0 Å². The van der Waals surface area contributed by atoms with Crippen molar-refractivity contribution < 1.29 is 4.74 Å². The van der Waals surface area contributed by atoms with Crippen LogP contribution in [0.2, 0.25) is 0 Å². The van der Waals surface area contributed by atoms with E-state index in [4.69, 9.17) is 4.74 Å². The maximum absolute atomic E-state index is 6.18. The summed E-state index contributed by atoms with van der Waals surface area (Å²) in [6.07, 6.45) is 0.0615. The van der Waals surface area contributed by atoms with Gasteiger partial charge in [-0.25, -0.2) is 0 Å². The van der Waals surface area contributed by atoms with E-state index in [2.05, 4.69) is 59.4 Å². The first-order chi connectivity index (χ1) is 9.13. The van der Waals surface area contributed by atoms with Gasteiger partial charge in [-0.05, 0) is 48.7 Å². The zero-order valence-electron chi connectivity index (χ0n) is 11.0. The molecule has 1 unspecified atom stereocenters. The van der Waals surface area contributed by atoms with Gasteiger partial charge in [-0.3, -0.25) is 0 Å². The van der Waals surface area contributed by atoms with Crippen LogP contribution in [-0.2, 0) is 0 Å². The minimum Gasteiger partial charge on any atom is -0.481 e. The molecule has 1 aliphatic heterocycles. The van der Waals surface area contributed by atoms with Crippen molar-refractivity contribution in [1.29, 1.82) is 0 Å². The summed E-state index contributed by atoms with van der Waals surface area (Å²) in [6, 6.07) is 12.6. The molecule has 0 radical (unpaired) electrons. The van der Waals surface area contributed by atoms with E-state index in [0.717, 1.165) is 22.5 Å². The molecule has 0 aromatic heterocycles.